The van der Waals surface area contributed by atoms with Gasteiger partial charge in [-0.15, -0.1) is 0 Å². The Kier molecular flexibility index (Phi) is 3.33. The molecule has 3 aliphatic rings. The van der Waals surface area contributed by atoms with Crippen LogP contribution in [-0.2, 0) is 9.53 Å². The number of methoxy groups -OCH3 is 1. The van der Waals surface area contributed by atoms with Crippen LogP contribution in [0.15, 0.2) is 0 Å². The van der Waals surface area contributed by atoms with E-state index in [2.05, 4.69) is 11.8 Å². The summed E-state index contributed by atoms with van der Waals surface area (Å²) >= 11 is 0. The van der Waals surface area contributed by atoms with E-state index in [1.54, 1.807) is 7.11 Å². The van der Waals surface area contributed by atoms with E-state index in [1.807, 2.05) is 0 Å². The number of carbonyl (C=O) groups is 1. The summed E-state index contributed by atoms with van der Waals surface area (Å²) < 4.78 is 5.17. The summed E-state index contributed by atoms with van der Waals surface area (Å²) in [6, 6.07) is 0.429. The van der Waals surface area contributed by atoms with Gasteiger partial charge in [0.2, 0.25) is 0 Å². The molecule has 4 heteroatoms. The molecule has 1 N–H and O–H groups in total. The van der Waals surface area contributed by atoms with Crippen molar-refractivity contribution in [3.63, 3.8) is 0 Å². The average molecular weight is 227 g/mol. The van der Waals surface area contributed by atoms with Crippen LogP contribution in [0, 0.1) is 5.92 Å². The fraction of sp³-hybridized carbons (Fsp3) is 0.917. The lowest BCUT2D eigenvalue weighted by atomic mass is 9.70. The normalized spacial score (nSPS) is 42.7. The number of fused-ring (bicyclic) bond motifs is 3. The van der Waals surface area contributed by atoms with Gasteiger partial charge in [-0.25, -0.2) is 0 Å². The van der Waals surface area contributed by atoms with Gasteiger partial charge in [-0.1, -0.05) is 6.92 Å². The molecular weight excluding hydrogens is 206 g/mol. The number of Topliss-reactive ketones (excluding diaryl/α,β-unsaturated/α-hetero) is 1. The van der Waals surface area contributed by atoms with Gasteiger partial charge >= 0.3 is 0 Å². The summed E-state index contributed by atoms with van der Waals surface area (Å²) in [6.07, 6.45) is 2.94. The number of aliphatic hydroxyl groups is 1. The SMILES string of the molecule is CC[C@H]1C[C@H]2CCN1[C@@](CO)(COC)C2=O. The van der Waals surface area contributed by atoms with Crippen LogP contribution < -0.4 is 0 Å². The Morgan fingerprint density at radius 3 is 2.94 bits per heavy atom. The quantitative estimate of drug-likeness (QED) is 0.757. The van der Waals surface area contributed by atoms with Crippen molar-refractivity contribution in [1.29, 1.82) is 0 Å². The largest absolute Gasteiger partial charge is 0.394 e. The van der Waals surface area contributed by atoms with Gasteiger partial charge in [0.15, 0.2) is 5.78 Å². The van der Waals surface area contributed by atoms with Gasteiger partial charge in [0.25, 0.3) is 0 Å². The van der Waals surface area contributed by atoms with Gasteiger partial charge in [0.1, 0.15) is 5.54 Å². The molecule has 4 nitrogen and oxygen atoms in total. The number of ether oxygens (including phenoxy) is 1. The zero-order valence-corrected chi connectivity index (χ0v) is 10.1. The number of nitrogens with zero attached hydrogens (tertiary/aromatic N) is 1. The van der Waals surface area contributed by atoms with Crippen LogP contribution in [0.4, 0.5) is 0 Å². The highest BCUT2D eigenvalue weighted by Crippen LogP contribution is 2.40. The molecule has 0 aromatic carbocycles. The smallest absolute Gasteiger partial charge is 0.161 e. The second-order valence-corrected chi connectivity index (χ2v) is 4.96. The van der Waals surface area contributed by atoms with Crippen molar-refractivity contribution in [2.45, 2.75) is 37.8 Å². The minimum atomic E-state index is -0.753. The van der Waals surface area contributed by atoms with Gasteiger partial charge in [-0.2, -0.15) is 0 Å². The van der Waals surface area contributed by atoms with Gasteiger partial charge < -0.3 is 9.84 Å². The van der Waals surface area contributed by atoms with E-state index in [0.717, 1.165) is 25.8 Å². The van der Waals surface area contributed by atoms with Gasteiger partial charge in [-0.3, -0.25) is 9.69 Å². The third-order valence-corrected chi connectivity index (χ3v) is 4.21. The third kappa shape index (κ3) is 1.51. The average Bonchev–Trinajstić information content (AvgIpc) is 2.33. The van der Waals surface area contributed by atoms with E-state index in [0.29, 0.717) is 12.6 Å². The van der Waals surface area contributed by atoms with Gasteiger partial charge in [-0.05, 0) is 19.3 Å². The lowest BCUT2D eigenvalue weighted by Crippen LogP contribution is -2.71. The molecule has 3 rings (SSSR count). The fourth-order valence-electron chi connectivity index (χ4n) is 3.37. The van der Waals surface area contributed by atoms with E-state index in [4.69, 9.17) is 4.74 Å². The van der Waals surface area contributed by atoms with E-state index >= 15 is 0 Å². The van der Waals surface area contributed by atoms with Gasteiger partial charge in [0.05, 0.1) is 13.2 Å². The summed E-state index contributed by atoms with van der Waals surface area (Å²) in [5.41, 5.74) is -0.753. The maximum Gasteiger partial charge on any atom is 0.161 e. The fourth-order valence-corrected chi connectivity index (χ4v) is 3.37. The maximum atomic E-state index is 12.3. The Hall–Kier alpha value is -0.450. The highest BCUT2D eigenvalue weighted by molar-refractivity contribution is 5.92. The summed E-state index contributed by atoms with van der Waals surface area (Å²) in [7, 11) is 1.59. The maximum absolute atomic E-state index is 12.3. The van der Waals surface area contributed by atoms with Crippen molar-refractivity contribution >= 4 is 5.78 Å². The standard InChI is InChI=1S/C12H21NO3/c1-3-10-6-9-4-5-13(10)12(7-14,8-16-2)11(9)15/h9-10,14H,3-8H2,1-2H3/t9-,10+,12+/m1/s1. The molecule has 4 atom stereocenters. The molecule has 0 aromatic heterocycles. The molecular formula is C12H21NO3. The minimum absolute atomic E-state index is 0.118. The lowest BCUT2D eigenvalue weighted by molar-refractivity contribution is -0.166. The zero-order chi connectivity index (χ0) is 11.8. The number of ketones is 1. The first-order valence-corrected chi connectivity index (χ1v) is 6.10. The number of aliphatic hydroxyl groups excluding tert-OH is 1. The van der Waals surface area contributed by atoms with Crippen molar-refractivity contribution in [3.8, 4) is 0 Å². The van der Waals surface area contributed by atoms with Crippen molar-refractivity contribution < 1.29 is 14.6 Å². The molecule has 3 fully saturated rings. The minimum Gasteiger partial charge on any atom is -0.394 e. The number of hydrogen-bond donors (Lipinski definition) is 1. The Bertz CT molecular complexity index is 281. The van der Waals surface area contributed by atoms with Crippen LogP contribution in [-0.4, -0.2) is 54.2 Å². The molecule has 0 spiro atoms. The predicted molar refractivity (Wildman–Crippen MR) is 60.2 cm³/mol. The number of rotatable bonds is 4. The Balaban J connectivity index is 2.31. The van der Waals surface area contributed by atoms with E-state index < -0.39 is 5.54 Å². The van der Waals surface area contributed by atoms with E-state index in [-0.39, 0.29) is 18.3 Å². The van der Waals surface area contributed by atoms with Crippen molar-refractivity contribution in [1.82, 2.24) is 4.90 Å². The predicted octanol–water partition coefficient (Wildman–Crippen LogP) is 0.437. The summed E-state index contributed by atoms with van der Waals surface area (Å²) in [4.78, 5) is 14.5. The van der Waals surface area contributed by atoms with Crippen molar-refractivity contribution in [2.75, 3.05) is 26.9 Å². The first kappa shape index (κ1) is 12.0. The second kappa shape index (κ2) is 4.43. The lowest BCUT2D eigenvalue weighted by Gasteiger charge is -2.55. The molecule has 3 heterocycles. The van der Waals surface area contributed by atoms with E-state index in [1.165, 1.54) is 0 Å². The molecule has 2 bridgehead atoms. The van der Waals surface area contributed by atoms with Crippen LogP contribution >= 0.6 is 0 Å². The Morgan fingerprint density at radius 2 is 2.38 bits per heavy atom. The molecule has 0 aromatic rings. The number of piperidine rings is 3. The molecule has 16 heavy (non-hydrogen) atoms. The molecule has 92 valence electrons. The molecule has 1 unspecified atom stereocenters. The molecule has 3 saturated heterocycles. The second-order valence-electron chi connectivity index (χ2n) is 4.96. The topological polar surface area (TPSA) is 49.8 Å². The first-order valence-electron chi connectivity index (χ1n) is 6.10. The number of hydrogen-bond acceptors (Lipinski definition) is 4. The Labute approximate surface area is 96.6 Å². The summed E-state index contributed by atoms with van der Waals surface area (Å²) in [6.45, 7) is 3.26. The van der Waals surface area contributed by atoms with Crippen LogP contribution in [0.25, 0.3) is 0 Å². The monoisotopic (exact) mass is 227 g/mol. The van der Waals surface area contributed by atoms with Gasteiger partial charge in [0, 0.05) is 25.6 Å². The van der Waals surface area contributed by atoms with Crippen LogP contribution in [0.3, 0.4) is 0 Å². The molecule has 0 radical (unpaired) electrons. The first-order chi connectivity index (χ1) is 7.69. The van der Waals surface area contributed by atoms with Crippen molar-refractivity contribution in [2.24, 2.45) is 5.92 Å². The highest BCUT2D eigenvalue weighted by atomic mass is 16.5. The van der Waals surface area contributed by atoms with Crippen LogP contribution in [0.1, 0.15) is 26.2 Å². The van der Waals surface area contributed by atoms with Crippen molar-refractivity contribution in [3.05, 3.63) is 0 Å². The molecule has 0 aliphatic carbocycles. The highest BCUT2D eigenvalue weighted by Gasteiger charge is 2.55. The zero-order valence-electron chi connectivity index (χ0n) is 10.1. The summed E-state index contributed by atoms with van der Waals surface area (Å²) in [5.74, 6) is 0.324. The van der Waals surface area contributed by atoms with Crippen LogP contribution in [0.5, 0.6) is 0 Å². The van der Waals surface area contributed by atoms with Crippen LogP contribution in [0.2, 0.25) is 0 Å². The third-order valence-electron chi connectivity index (χ3n) is 4.21. The molecule has 0 amide bonds. The Morgan fingerprint density at radius 1 is 1.62 bits per heavy atom. The molecule has 3 aliphatic heterocycles. The molecule has 0 saturated carbocycles. The summed E-state index contributed by atoms with van der Waals surface area (Å²) in [5, 5.41) is 9.64. The number of carbonyl (C=O) groups excluding carboxylic acids is 1. The van der Waals surface area contributed by atoms with E-state index in [9.17, 15) is 9.90 Å².